The molecule has 1 heterocycles. The van der Waals surface area contributed by atoms with Crippen molar-refractivity contribution in [3.8, 4) is 0 Å². The van der Waals surface area contributed by atoms with E-state index in [-0.39, 0.29) is 11.9 Å². The van der Waals surface area contributed by atoms with Gasteiger partial charge in [-0.3, -0.25) is 4.79 Å². The summed E-state index contributed by atoms with van der Waals surface area (Å²) >= 11 is 1.63. The lowest BCUT2D eigenvalue weighted by atomic mass is 9.96. The van der Waals surface area contributed by atoms with E-state index >= 15 is 0 Å². The molecule has 0 radical (unpaired) electrons. The first-order valence-electron chi connectivity index (χ1n) is 12.3. The number of ether oxygens (including phenoxy) is 1. The van der Waals surface area contributed by atoms with Crippen LogP contribution in [0.2, 0.25) is 0 Å². The molecule has 5 nitrogen and oxygen atoms in total. The third-order valence-electron chi connectivity index (χ3n) is 6.49. The number of nitrogens with one attached hydrogen (secondary N) is 1. The van der Waals surface area contributed by atoms with Crippen LogP contribution in [-0.2, 0) is 17.6 Å². The zero-order valence-corrected chi connectivity index (χ0v) is 21.5. The van der Waals surface area contributed by atoms with Crippen molar-refractivity contribution in [2.75, 3.05) is 11.9 Å². The van der Waals surface area contributed by atoms with Crippen molar-refractivity contribution < 1.29 is 14.3 Å². The van der Waals surface area contributed by atoms with Gasteiger partial charge < -0.3 is 10.1 Å². The molecule has 0 bridgehead atoms. The average Bonchev–Trinajstić information content (AvgIpc) is 3.17. The fourth-order valence-corrected chi connectivity index (χ4v) is 5.58. The lowest BCUT2D eigenvalue weighted by Crippen LogP contribution is -2.15. The van der Waals surface area contributed by atoms with Gasteiger partial charge in [-0.1, -0.05) is 37.1 Å². The first-order valence-corrected chi connectivity index (χ1v) is 13.1. The minimum Gasteiger partial charge on any atom is -0.462 e. The Kier molecular flexibility index (Phi) is 8.13. The molecule has 2 aromatic carbocycles. The van der Waals surface area contributed by atoms with E-state index in [4.69, 9.17) is 9.73 Å². The van der Waals surface area contributed by atoms with Gasteiger partial charge in [0.25, 0.3) is 5.91 Å². The number of aryl methyl sites for hydroxylation is 2. The molecule has 1 aromatic heterocycles. The molecule has 1 N–H and O–H groups in total. The van der Waals surface area contributed by atoms with Gasteiger partial charge in [-0.05, 0) is 86.9 Å². The number of hydrogen-bond donors (Lipinski definition) is 1. The zero-order chi connectivity index (χ0) is 24.8. The highest BCUT2D eigenvalue weighted by Crippen LogP contribution is 2.39. The van der Waals surface area contributed by atoms with Gasteiger partial charge >= 0.3 is 5.97 Å². The van der Waals surface area contributed by atoms with Gasteiger partial charge in [0.1, 0.15) is 5.00 Å². The van der Waals surface area contributed by atoms with E-state index in [0.717, 1.165) is 58.6 Å². The Bertz CT molecular complexity index is 1240. The van der Waals surface area contributed by atoms with Crippen LogP contribution in [0.15, 0.2) is 47.5 Å². The summed E-state index contributed by atoms with van der Waals surface area (Å²) in [6.45, 7) is 6.21. The number of rotatable bonds is 6. The maximum atomic E-state index is 13.6. The molecule has 1 aliphatic rings. The second kappa shape index (κ2) is 11.5. The number of thiophene rings is 1. The number of nitrogens with zero attached hydrogens (tertiary/aromatic N) is 1. The summed E-state index contributed by atoms with van der Waals surface area (Å²) in [5, 5.41) is 3.90. The van der Waals surface area contributed by atoms with E-state index in [1.807, 2.05) is 44.2 Å². The summed E-state index contributed by atoms with van der Waals surface area (Å²) < 4.78 is 5.06. The molecule has 0 unspecified atom stereocenters. The van der Waals surface area contributed by atoms with Gasteiger partial charge in [-0.15, -0.1) is 11.3 Å². The summed E-state index contributed by atoms with van der Waals surface area (Å²) in [6.07, 6.45) is 8.32. The Morgan fingerprint density at radius 3 is 2.51 bits per heavy atom. The maximum Gasteiger partial charge on any atom is 0.338 e. The van der Waals surface area contributed by atoms with Crippen molar-refractivity contribution in [2.45, 2.75) is 59.3 Å². The first kappa shape index (κ1) is 24.9. The number of hydrogen-bond acceptors (Lipinski definition) is 5. The third-order valence-corrected chi connectivity index (χ3v) is 7.69. The summed E-state index contributed by atoms with van der Waals surface area (Å²) in [5.74, 6) is -0.430. The van der Waals surface area contributed by atoms with Crippen LogP contribution in [0.25, 0.3) is 0 Å². The number of carbonyl (C=O) groups excluding carboxylic acids is 2. The molecular formula is C29H32N2O3S. The molecule has 6 heteroatoms. The van der Waals surface area contributed by atoms with Crippen molar-refractivity contribution in [1.82, 2.24) is 0 Å². The summed E-state index contributed by atoms with van der Waals surface area (Å²) in [4.78, 5) is 31.6. The fraction of sp³-hybridized carbons (Fsp3) is 0.345. The summed E-state index contributed by atoms with van der Waals surface area (Å²) in [6, 6.07) is 13.1. The molecule has 0 atom stereocenters. The fourth-order valence-electron chi connectivity index (χ4n) is 4.35. The molecule has 4 rings (SSSR count). The monoisotopic (exact) mass is 488 g/mol. The molecular weight excluding hydrogens is 456 g/mol. The van der Waals surface area contributed by atoms with Crippen LogP contribution in [0.5, 0.6) is 0 Å². The van der Waals surface area contributed by atoms with Crippen LogP contribution in [0.1, 0.15) is 80.5 Å². The van der Waals surface area contributed by atoms with E-state index in [0.29, 0.717) is 17.7 Å². The van der Waals surface area contributed by atoms with Crippen molar-refractivity contribution in [2.24, 2.45) is 4.99 Å². The number of fused-ring (bicyclic) bond motifs is 1. The van der Waals surface area contributed by atoms with E-state index in [2.05, 4.69) is 5.32 Å². The van der Waals surface area contributed by atoms with Gasteiger partial charge in [0.15, 0.2) is 0 Å². The molecule has 1 amide bonds. The van der Waals surface area contributed by atoms with Gasteiger partial charge in [0.05, 0.1) is 17.7 Å². The Hall–Kier alpha value is -3.25. The van der Waals surface area contributed by atoms with E-state index in [9.17, 15) is 9.59 Å². The molecule has 0 fully saturated rings. The highest BCUT2D eigenvalue weighted by atomic mass is 32.1. The number of amides is 1. The highest BCUT2D eigenvalue weighted by Gasteiger charge is 2.24. The molecule has 182 valence electrons. The van der Waals surface area contributed by atoms with Crippen LogP contribution in [0.3, 0.4) is 0 Å². The average molecular weight is 489 g/mol. The number of anilines is 1. The predicted octanol–water partition coefficient (Wildman–Crippen LogP) is 7.20. The quantitative estimate of drug-likeness (QED) is 0.295. The number of aliphatic imine (C=N–C) groups is 1. The Labute approximate surface area is 211 Å². The molecule has 0 saturated heterocycles. The molecule has 35 heavy (non-hydrogen) atoms. The second-order valence-electron chi connectivity index (χ2n) is 8.90. The van der Waals surface area contributed by atoms with Crippen LogP contribution in [-0.4, -0.2) is 24.7 Å². The van der Waals surface area contributed by atoms with Crippen molar-refractivity contribution in [3.05, 3.63) is 80.7 Å². The molecule has 0 spiro atoms. The van der Waals surface area contributed by atoms with Gasteiger partial charge in [-0.25, -0.2) is 9.79 Å². The number of benzene rings is 2. The van der Waals surface area contributed by atoms with E-state index < -0.39 is 0 Å². The predicted molar refractivity (Wildman–Crippen MR) is 144 cm³/mol. The van der Waals surface area contributed by atoms with Crippen LogP contribution < -0.4 is 5.32 Å². The third kappa shape index (κ3) is 5.88. The minimum atomic E-state index is -0.334. The van der Waals surface area contributed by atoms with Crippen LogP contribution in [0, 0.1) is 13.8 Å². The Morgan fingerprint density at radius 1 is 1.03 bits per heavy atom. The van der Waals surface area contributed by atoms with Crippen molar-refractivity contribution in [1.29, 1.82) is 0 Å². The lowest BCUT2D eigenvalue weighted by Gasteiger charge is -2.13. The maximum absolute atomic E-state index is 13.6. The van der Waals surface area contributed by atoms with Crippen LogP contribution in [0.4, 0.5) is 10.7 Å². The molecule has 0 aliphatic heterocycles. The van der Waals surface area contributed by atoms with Crippen molar-refractivity contribution in [3.63, 3.8) is 0 Å². The van der Waals surface area contributed by atoms with Crippen molar-refractivity contribution >= 4 is 40.1 Å². The largest absolute Gasteiger partial charge is 0.462 e. The van der Waals surface area contributed by atoms with Gasteiger partial charge in [0.2, 0.25) is 0 Å². The van der Waals surface area contributed by atoms with Gasteiger partial charge in [-0.2, -0.15) is 0 Å². The Morgan fingerprint density at radius 2 is 1.77 bits per heavy atom. The van der Waals surface area contributed by atoms with E-state index in [1.54, 1.807) is 36.6 Å². The topological polar surface area (TPSA) is 67.8 Å². The molecule has 3 aromatic rings. The van der Waals surface area contributed by atoms with Gasteiger partial charge in [0, 0.05) is 16.8 Å². The number of carbonyl (C=O) groups is 2. The SMILES string of the molecule is CCOC(=O)c1ccc(C=Nc2sc3c(c2C(=O)Nc2cccc(C)c2C)CCCCCC3)cc1. The Balaban J connectivity index is 1.66. The lowest BCUT2D eigenvalue weighted by molar-refractivity contribution is 0.0526. The van der Waals surface area contributed by atoms with Crippen LogP contribution >= 0.6 is 11.3 Å². The highest BCUT2D eigenvalue weighted by molar-refractivity contribution is 7.16. The standard InChI is InChI=1S/C29H32N2O3S/c1-4-34-29(33)22-16-14-21(15-17-22)18-30-28-26(23-11-7-5-6-8-13-25(23)35-28)27(32)31-24-12-9-10-19(2)20(24)3/h9-10,12,14-18H,4-8,11,13H2,1-3H3,(H,31,32). The molecule has 0 saturated carbocycles. The summed E-state index contributed by atoms with van der Waals surface area (Å²) in [5.41, 5.74) is 6.29. The summed E-state index contributed by atoms with van der Waals surface area (Å²) in [7, 11) is 0. The second-order valence-corrected chi connectivity index (χ2v) is 9.98. The normalized spacial score (nSPS) is 13.7. The van der Waals surface area contributed by atoms with E-state index in [1.165, 1.54) is 17.7 Å². The zero-order valence-electron chi connectivity index (χ0n) is 20.6. The smallest absolute Gasteiger partial charge is 0.338 e. The number of esters is 1. The molecule has 1 aliphatic carbocycles. The first-order chi connectivity index (χ1) is 17.0. The minimum absolute atomic E-state index is 0.0958.